The zero-order valence-electron chi connectivity index (χ0n) is 13.9. The van der Waals surface area contributed by atoms with E-state index in [1.54, 1.807) is 6.92 Å². The molecule has 1 aromatic heterocycles. The maximum absolute atomic E-state index is 13.3. The summed E-state index contributed by atoms with van der Waals surface area (Å²) in [5.74, 6) is -1.90. The predicted molar refractivity (Wildman–Crippen MR) is 89.0 cm³/mol. The first-order valence-corrected chi connectivity index (χ1v) is 8.25. The van der Waals surface area contributed by atoms with Gasteiger partial charge in [-0.15, -0.1) is 5.10 Å². The molecule has 1 aromatic carbocycles. The molecule has 1 aliphatic heterocycles. The van der Waals surface area contributed by atoms with Gasteiger partial charge in [-0.1, -0.05) is 16.8 Å². The van der Waals surface area contributed by atoms with Gasteiger partial charge in [0.25, 0.3) is 5.91 Å². The number of ether oxygens (including phenoxy) is 1. The molecule has 0 bridgehead atoms. The van der Waals surface area contributed by atoms with Gasteiger partial charge in [-0.2, -0.15) is 0 Å². The number of carbonyl (C=O) groups excluding carboxylic acids is 1. The molecule has 138 valence electrons. The number of nitrogens with zero attached hydrogens (tertiary/aromatic N) is 4. The van der Waals surface area contributed by atoms with Crippen molar-refractivity contribution in [3.8, 4) is 5.69 Å². The Hall–Kier alpha value is -2.52. The minimum atomic E-state index is -0.986. The number of carboxylic acid groups (broad SMARTS) is 1. The zero-order valence-corrected chi connectivity index (χ0v) is 14.6. The van der Waals surface area contributed by atoms with Crippen LogP contribution >= 0.6 is 11.6 Å². The maximum atomic E-state index is 13.3. The molecule has 1 atom stereocenters. The molecule has 0 radical (unpaired) electrons. The first-order chi connectivity index (χ1) is 12.4. The van der Waals surface area contributed by atoms with E-state index in [1.165, 1.54) is 27.8 Å². The van der Waals surface area contributed by atoms with Crippen LogP contribution in [0.15, 0.2) is 18.2 Å². The second-order valence-electron chi connectivity index (χ2n) is 5.88. The summed E-state index contributed by atoms with van der Waals surface area (Å²) in [5, 5.41) is 16.7. The van der Waals surface area contributed by atoms with Crippen molar-refractivity contribution >= 4 is 23.5 Å². The van der Waals surface area contributed by atoms with Crippen molar-refractivity contribution in [1.29, 1.82) is 0 Å². The van der Waals surface area contributed by atoms with Gasteiger partial charge in [-0.25, -0.2) is 9.07 Å². The Labute approximate surface area is 153 Å². The summed E-state index contributed by atoms with van der Waals surface area (Å²) < 4.78 is 20.1. The third-order valence-corrected chi connectivity index (χ3v) is 4.36. The van der Waals surface area contributed by atoms with Crippen LogP contribution in [0.25, 0.3) is 5.69 Å². The summed E-state index contributed by atoms with van der Waals surface area (Å²) in [7, 11) is 0. The third-order valence-electron chi connectivity index (χ3n) is 4.07. The van der Waals surface area contributed by atoms with Crippen LogP contribution < -0.4 is 0 Å². The highest BCUT2D eigenvalue weighted by atomic mass is 35.5. The van der Waals surface area contributed by atoms with E-state index >= 15 is 0 Å². The van der Waals surface area contributed by atoms with Crippen LogP contribution in [0.4, 0.5) is 4.39 Å². The molecule has 1 saturated heterocycles. The van der Waals surface area contributed by atoms with E-state index in [0.717, 1.165) is 0 Å². The highest BCUT2D eigenvalue weighted by molar-refractivity contribution is 6.30. The lowest BCUT2D eigenvalue weighted by Crippen LogP contribution is -2.46. The Morgan fingerprint density at radius 2 is 2.23 bits per heavy atom. The molecule has 0 spiro atoms. The number of aliphatic carboxylic acids is 1. The molecule has 2 aromatic rings. The van der Waals surface area contributed by atoms with Crippen LogP contribution in [0.2, 0.25) is 5.02 Å². The van der Waals surface area contributed by atoms with Gasteiger partial charge in [0.15, 0.2) is 5.69 Å². The van der Waals surface area contributed by atoms with Crippen molar-refractivity contribution in [2.45, 2.75) is 19.4 Å². The molecule has 2 heterocycles. The second kappa shape index (κ2) is 7.38. The van der Waals surface area contributed by atoms with Gasteiger partial charge in [-0.3, -0.25) is 9.59 Å². The summed E-state index contributed by atoms with van der Waals surface area (Å²) in [6.45, 7) is 2.42. The monoisotopic (exact) mass is 382 g/mol. The molecule has 1 amide bonds. The Morgan fingerprint density at radius 3 is 2.92 bits per heavy atom. The molecule has 1 aliphatic rings. The summed E-state index contributed by atoms with van der Waals surface area (Å²) in [4.78, 5) is 25.1. The van der Waals surface area contributed by atoms with E-state index in [0.29, 0.717) is 17.9 Å². The van der Waals surface area contributed by atoms with E-state index < -0.39 is 17.9 Å². The number of rotatable bonds is 4. The van der Waals surface area contributed by atoms with Gasteiger partial charge in [0.2, 0.25) is 0 Å². The van der Waals surface area contributed by atoms with Gasteiger partial charge >= 0.3 is 5.97 Å². The van der Waals surface area contributed by atoms with Crippen molar-refractivity contribution in [2.75, 3.05) is 19.7 Å². The minimum Gasteiger partial charge on any atom is -0.481 e. The molecule has 3 rings (SSSR count). The van der Waals surface area contributed by atoms with Crippen LogP contribution in [0, 0.1) is 12.7 Å². The Balaban J connectivity index is 1.81. The SMILES string of the molecule is Cc1c(C(=O)N2CCOC(CC(=O)O)C2)nnn1-c1ccc(F)c(Cl)c1. The normalized spacial score (nSPS) is 17.3. The van der Waals surface area contributed by atoms with Crippen LogP contribution in [0.5, 0.6) is 0 Å². The molecule has 8 nitrogen and oxygen atoms in total. The molecular weight excluding hydrogens is 367 g/mol. The lowest BCUT2D eigenvalue weighted by atomic mass is 10.2. The Kier molecular flexibility index (Phi) is 5.19. The Morgan fingerprint density at radius 1 is 1.46 bits per heavy atom. The average Bonchev–Trinajstić information content (AvgIpc) is 2.98. The van der Waals surface area contributed by atoms with Crippen molar-refractivity contribution in [2.24, 2.45) is 0 Å². The summed E-state index contributed by atoms with van der Waals surface area (Å²) >= 11 is 5.79. The van der Waals surface area contributed by atoms with E-state index in [4.69, 9.17) is 21.4 Å². The number of hydrogen-bond donors (Lipinski definition) is 1. The molecule has 10 heteroatoms. The first-order valence-electron chi connectivity index (χ1n) is 7.87. The molecule has 1 N–H and O–H groups in total. The quantitative estimate of drug-likeness (QED) is 0.864. The van der Waals surface area contributed by atoms with Gasteiger partial charge in [0.05, 0.1) is 35.5 Å². The highest BCUT2D eigenvalue weighted by Gasteiger charge is 2.29. The number of carbonyl (C=O) groups is 2. The Bertz CT molecular complexity index is 857. The predicted octanol–water partition coefficient (Wildman–Crippen LogP) is 1.68. The van der Waals surface area contributed by atoms with Crippen molar-refractivity contribution < 1.29 is 23.8 Å². The standard InChI is InChI=1S/C16H16ClFN4O4/c1-9-15(16(25)21-4-5-26-11(8-21)7-14(23)24)19-20-22(9)10-2-3-13(18)12(17)6-10/h2-3,6,11H,4-5,7-8H2,1H3,(H,23,24). The third kappa shape index (κ3) is 3.68. The van der Waals surface area contributed by atoms with Gasteiger partial charge in [0, 0.05) is 13.1 Å². The van der Waals surface area contributed by atoms with Crippen molar-refractivity contribution in [1.82, 2.24) is 19.9 Å². The average molecular weight is 383 g/mol. The minimum absolute atomic E-state index is 0.0602. The fraction of sp³-hybridized carbons (Fsp3) is 0.375. The fourth-order valence-corrected chi connectivity index (χ4v) is 2.94. The first kappa shape index (κ1) is 18.3. The maximum Gasteiger partial charge on any atom is 0.306 e. The van der Waals surface area contributed by atoms with Crippen molar-refractivity contribution in [3.63, 3.8) is 0 Å². The van der Waals surface area contributed by atoms with Crippen LogP contribution in [0.1, 0.15) is 22.6 Å². The lowest BCUT2D eigenvalue weighted by molar-refractivity contribution is -0.141. The highest BCUT2D eigenvalue weighted by Crippen LogP contribution is 2.21. The number of benzene rings is 1. The van der Waals surface area contributed by atoms with E-state index in [1.807, 2.05) is 0 Å². The molecule has 1 fully saturated rings. The molecule has 26 heavy (non-hydrogen) atoms. The zero-order chi connectivity index (χ0) is 18.8. The number of aromatic nitrogens is 3. The second-order valence-corrected chi connectivity index (χ2v) is 6.28. The lowest BCUT2D eigenvalue weighted by Gasteiger charge is -2.31. The summed E-state index contributed by atoms with van der Waals surface area (Å²) in [5.41, 5.74) is 1.09. The smallest absolute Gasteiger partial charge is 0.306 e. The number of carboxylic acids is 1. The largest absolute Gasteiger partial charge is 0.481 e. The molecule has 0 aliphatic carbocycles. The van der Waals surface area contributed by atoms with Crippen LogP contribution in [-0.2, 0) is 9.53 Å². The number of morpholine rings is 1. The number of hydrogen-bond acceptors (Lipinski definition) is 5. The molecule has 0 saturated carbocycles. The number of amides is 1. The number of halogens is 2. The molecular formula is C16H16ClFN4O4. The molecule has 1 unspecified atom stereocenters. The van der Waals surface area contributed by atoms with Crippen LogP contribution in [-0.4, -0.2) is 62.7 Å². The van der Waals surface area contributed by atoms with Gasteiger partial charge in [-0.05, 0) is 25.1 Å². The van der Waals surface area contributed by atoms with Gasteiger partial charge < -0.3 is 14.7 Å². The van der Waals surface area contributed by atoms with Crippen molar-refractivity contribution in [3.05, 3.63) is 40.4 Å². The van der Waals surface area contributed by atoms with E-state index in [9.17, 15) is 14.0 Å². The van der Waals surface area contributed by atoms with E-state index in [2.05, 4.69) is 10.3 Å². The van der Waals surface area contributed by atoms with Crippen LogP contribution in [0.3, 0.4) is 0 Å². The van der Waals surface area contributed by atoms with Gasteiger partial charge in [0.1, 0.15) is 5.82 Å². The topological polar surface area (TPSA) is 97.6 Å². The summed E-state index contributed by atoms with van der Waals surface area (Å²) in [6.07, 6.45) is -0.736. The summed E-state index contributed by atoms with van der Waals surface area (Å²) in [6, 6.07) is 4.08. The van der Waals surface area contributed by atoms with E-state index in [-0.39, 0.29) is 36.2 Å². The fourth-order valence-electron chi connectivity index (χ4n) is 2.76.